The van der Waals surface area contributed by atoms with Gasteiger partial charge in [-0.2, -0.15) is 0 Å². The van der Waals surface area contributed by atoms with Gasteiger partial charge in [-0.25, -0.2) is 4.98 Å². The van der Waals surface area contributed by atoms with E-state index >= 15 is 0 Å². The van der Waals surface area contributed by atoms with Crippen LogP contribution in [0.1, 0.15) is 12.5 Å². The zero-order valence-electron chi connectivity index (χ0n) is 16.7. The van der Waals surface area contributed by atoms with Gasteiger partial charge in [0.25, 0.3) is 5.91 Å². The molecule has 5 nitrogen and oxygen atoms in total. The maximum absolute atomic E-state index is 13.2. The molecule has 0 aliphatic carbocycles. The maximum Gasteiger partial charge on any atom is 0.269 e. The quantitative estimate of drug-likeness (QED) is 0.562. The smallest absolute Gasteiger partial charge is 0.269 e. The fourth-order valence-corrected chi connectivity index (χ4v) is 3.05. The van der Waals surface area contributed by atoms with E-state index in [1.54, 1.807) is 30.2 Å². The minimum atomic E-state index is -0.724. The molecule has 0 spiro atoms. The maximum atomic E-state index is 13.2. The van der Waals surface area contributed by atoms with Gasteiger partial charge in [0.05, 0.1) is 11.6 Å². The van der Waals surface area contributed by atoms with Gasteiger partial charge in [-0.1, -0.05) is 41.9 Å². The summed E-state index contributed by atoms with van der Waals surface area (Å²) >= 11 is 6.17. The zero-order valence-corrected chi connectivity index (χ0v) is 17.5. The molecule has 29 heavy (non-hydrogen) atoms. The van der Waals surface area contributed by atoms with E-state index in [0.29, 0.717) is 23.1 Å². The third-order valence-electron chi connectivity index (χ3n) is 4.47. The molecular weight excluding hydrogens is 386 g/mol. The molecule has 0 fully saturated rings. The van der Waals surface area contributed by atoms with Gasteiger partial charge in [0.15, 0.2) is 6.10 Å². The molecule has 3 rings (SSSR count). The van der Waals surface area contributed by atoms with Gasteiger partial charge < -0.3 is 9.64 Å². The molecule has 0 bridgehead atoms. The lowest BCUT2D eigenvalue weighted by Crippen LogP contribution is -2.40. The number of hydrogen-bond acceptors (Lipinski definition) is 4. The first-order chi connectivity index (χ1) is 14.0. The van der Waals surface area contributed by atoms with Gasteiger partial charge in [0, 0.05) is 26.0 Å². The standard InChI is InChI=1S/C23H24ClN3O2/c1-17(29-21-9-5-4-8-20(21)24)23(28)27(22-10-6-7-15-25-22)16-18-11-13-19(14-12-18)26(2)3/h4-15,17H,16H2,1-3H3. The third kappa shape index (κ3) is 5.27. The lowest BCUT2D eigenvalue weighted by molar-refractivity contribution is -0.124. The zero-order chi connectivity index (χ0) is 20.8. The number of anilines is 2. The van der Waals surface area contributed by atoms with E-state index in [4.69, 9.17) is 16.3 Å². The Morgan fingerprint density at radius 3 is 2.34 bits per heavy atom. The molecule has 3 aromatic rings. The number of aromatic nitrogens is 1. The van der Waals surface area contributed by atoms with E-state index in [-0.39, 0.29) is 5.91 Å². The molecule has 150 valence electrons. The van der Waals surface area contributed by atoms with Crippen molar-refractivity contribution < 1.29 is 9.53 Å². The number of para-hydroxylation sites is 1. The predicted molar refractivity (Wildman–Crippen MR) is 118 cm³/mol. The summed E-state index contributed by atoms with van der Waals surface area (Å²) in [5, 5.41) is 0.468. The van der Waals surface area contributed by atoms with E-state index in [9.17, 15) is 4.79 Å². The fraction of sp³-hybridized carbons (Fsp3) is 0.217. The van der Waals surface area contributed by atoms with E-state index in [0.717, 1.165) is 11.3 Å². The number of rotatable bonds is 7. The Morgan fingerprint density at radius 2 is 1.72 bits per heavy atom. The summed E-state index contributed by atoms with van der Waals surface area (Å²) in [5.74, 6) is 0.857. The Balaban J connectivity index is 1.83. The number of benzene rings is 2. The minimum absolute atomic E-state index is 0.194. The molecule has 0 aliphatic rings. The number of hydrogen-bond donors (Lipinski definition) is 0. The average molecular weight is 410 g/mol. The van der Waals surface area contributed by atoms with Crippen molar-refractivity contribution in [3.8, 4) is 5.75 Å². The molecular formula is C23H24ClN3O2. The first-order valence-electron chi connectivity index (χ1n) is 9.35. The SMILES string of the molecule is CC(Oc1ccccc1Cl)C(=O)N(Cc1ccc(N(C)C)cc1)c1ccccn1. The Labute approximate surface area is 176 Å². The Hall–Kier alpha value is -3.05. The second-order valence-electron chi connectivity index (χ2n) is 6.86. The highest BCUT2D eigenvalue weighted by atomic mass is 35.5. The number of carbonyl (C=O) groups is 1. The van der Waals surface area contributed by atoms with E-state index in [2.05, 4.69) is 4.98 Å². The van der Waals surface area contributed by atoms with Crippen molar-refractivity contribution in [2.75, 3.05) is 23.9 Å². The monoisotopic (exact) mass is 409 g/mol. The largest absolute Gasteiger partial charge is 0.479 e. The number of ether oxygens (including phenoxy) is 1. The first-order valence-corrected chi connectivity index (χ1v) is 9.73. The molecule has 1 unspecified atom stereocenters. The van der Waals surface area contributed by atoms with Crippen LogP contribution in [0.5, 0.6) is 5.75 Å². The average Bonchev–Trinajstić information content (AvgIpc) is 2.74. The highest BCUT2D eigenvalue weighted by molar-refractivity contribution is 6.32. The topological polar surface area (TPSA) is 45.7 Å². The van der Waals surface area contributed by atoms with Crippen LogP contribution >= 0.6 is 11.6 Å². The minimum Gasteiger partial charge on any atom is -0.479 e. The van der Waals surface area contributed by atoms with Gasteiger partial charge in [0.1, 0.15) is 11.6 Å². The Kier molecular flexibility index (Phi) is 6.73. The first kappa shape index (κ1) is 20.7. The lowest BCUT2D eigenvalue weighted by atomic mass is 10.1. The number of halogens is 1. The summed E-state index contributed by atoms with van der Waals surface area (Å²) < 4.78 is 5.84. The van der Waals surface area contributed by atoms with Crippen molar-refractivity contribution >= 4 is 29.0 Å². The number of amides is 1. The molecule has 1 aromatic heterocycles. The van der Waals surface area contributed by atoms with Crippen LogP contribution in [-0.4, -0.2) is 31.1 Å². The second kappa shape index (κ2) is 9.43. The van der Waals surface area contributed by atoms with Crippen molar-refractivity contribution in [1.82, 2.24) is 4.98 Å². The van der Waals surface area contributed by atoms with Crippen LogP contribution in [0.25, 0.3) is 0 Å². The van der Waals surface area contributed by atoms with Gasteiger partial charge in [-0.05, 0) is 48.9 Å². The fourth-order valence-electron chi connectivity index (χ4n) is 2.87. The van der Waals surface area contributed by atoms with Crippen molar-refractivity contribution in [2.45, 2.75) is 19.6 Å². The molecule has 1 heterocycles. The molecule has 0 saturated carbocycles. The van der Waals surface area contributed by atoms with E-state index < -0.39 is 6.10 Å². The molecule has 1 amide bonds. The van der Waals surface area contributed by atoms with E-state index in [1.807, 2.05) is 73.6 Å². The van der Waals surface area contributed by atoms with E-state index in [1.165, 1.54) is 0 Å². The molecule has 6 heteroatoms. The molecule has 0 radical (unpaired) electrons. The summed E-state index contributed by atoms with van der Waals surface area (Å²) in [6.45, 7) is 2.11. The molecule has 2 aromatic carbocycles. The molecule has 0 saturated heterocycles. The van der Waals surface area contributed by atoms with Gasteiger partial charge in [0.2, 0.25) is 0 Å². The van der Waals surface area contributed by atoms with Crippen LogP contribution in [0.15, 0.2) is 72.9 Å². The van der Waals surface area contributed by atoms with Gasteiger partial charge in [-0.3, -0.25) is 9.69 Å². The molecule has 0 N–H and O–H groups in total. The normalized spacial score (nSPS) is 11.6. The lowest BCUT2D eigenvalue weighted by Gasteiger charge is -2.26. The summed E-state index contributed by atoms with van der Waals surface area (Å²) in [6.07, 6.45) is 0.947. The number of nitrogens with zero attached hydrogens (tertiary/aromatic N) is 3. The van der Waals surface area contributed by atoms with Crippen molar-refractivity contribution in [2.24, 2.45) is 0 Å². The number of carbonyl (C=O) groups excluding carboxylic acids is 1. The summed E-state index contributed by atoms with van der Waals surface area (Å²) in [6, 6.07) is 20.7. The Morgan fingerprint density at radius 1 is 1.03 bits per heavy atom. The predicted octanol–water partition coefficient (Wildman–Crippen LogP) is 4.80. The van der Waals surface area contributed by atoms with Crippen molar-refractivity contribution in [3.63, 3.8) is 0 Å². The van der Waals surface area contributed by atoms with Crippen LogP contribution in [0, 0.1) is 0 Å². The van der Waals surface area contributed by atoms with Gasteiger partial charge >= 0.3 is 0 Å². The molecule has 0 aliphatic heterocycles. The highest BCUT2D eigenvalue weighted by Crippen LogP contribution is 2.25. The van der Waals surface area contributed by atoms with Crippen LogP contribution in [0.2, 0.25) is 5.02 Å². The van der Waals surface area contributed by atoms with Crippen molar-refractivity contribution in [1.29, 1.82) is 0 Å². The second-order valence-corrected chi connectivity index (χ2v) is 7.27. The Bertz CT molecular complexity index is 946. The summed E-state index contributed by atoms with van der Waals surface area (Å²) in [7, 11) is 3.99. The van der Waals surface area contributed by atoms with Gasteiger partial charge in [-0.15, -0.1) is 0 Å². The van der Waals surface area contributed by atoms with Crippen LogP contribution < -0.4 is 14.5 Å². The van der Waals surface area contributed by atoms with Crippen molar-refractivity contribution in [3.05, 3.63) is 83.5 Å². The highest BCUT2D eigenvalue weighted by Gasteiger charge is 2.25. The molecule has 1 atom stereocenters. The van der Waals surface area contributed by atoms with Crippen LogP contribution in [-0.2, 0) is 11.3 Å². The summed E-state index contributed by atoms with van der Waals surface area (Å²) in [4.78, 5) is 21.3. The van der Waals surface area contributed by atoms with Crippen LogP contribution in [0.4, 0.5) is 11.5 Å². The third-order valence-corrected chi connectivity index (χ3v) is 4.79. The number of pyridine rings is 1. The summed E-state index contributed by atoms with van der Waals surface area (Å²) in [5.41, 5.74) is 2.10. The van der Waals surface area contributed by atoms with Crippen LogP contribution in [0.3, 0.4) is 0 Å².